The minimum absolute atomic E-state index is 0.460. The lowest BCUT2D eigenvalue weighted by atomic mass is 10.1. The monoisotopic (exact) mass is 246 g/mol. The number of hydroxylamine groups is 1. The number of hydrogen-bond donors (Lipinski definition) is 3. The molecule has 0 spiro atoms. The van der Waals surface area contributed by atoms with Crippen LogP contribution in [-0.2, 0) is 9.53 Å². The quantitative estimate of drug-likeness (QED) is 0.507. The van der Waals surface area contributed by atoms with E-state index in [4.69, 9.17) is 9.94 Å². The van der Waals surface area contributed by atoms with Crippen LogP contribution < -0.4 is 10.8 Å². The normalized spacial score (nSPS) is 12.8. The summed E-state index contributed by atoms with van der Waals surface area (Å²) in [5.41, 5.74) is 0.917. The van der Waals surface area contributed by atoms with Gasteiger partial charge in [0.05, 0.1) is 0 Å². The molecule has 0 bridgehead atoms. The average molecular weight is 246 g/mol. The van der Waals surface area contributed by atoms with Gasteiger partial charge in [0.15, 0.2) is 0 Å². The molecule has 0 aromatic heterocycles. The molecule has 17 heavy (non-hydrogen) atoms. The molecular formula is C11H22N2O4. The van der Waals surface area contributed by atoms with Gasteiger partial charge in [-0.1, -0.05) is 19.8 Å². The zero-order valence-electron chi connectivity index (χ0n) is 10.9. The summed E-state index contributed by atoms with van der Waals surface area (Å²) in [7, 11) is 0. The van der Waals surface area contributed by atoms with Crippen LogP contribution in [-0.4, -0.2) is 28.9 Å². The van der Waals surface area contributed by atoms with Crippen molar-refractivity contribution in [3.05, 3.63) is 0 Å². The maximum Gasteiger partial charge on any atom is 0.408 e. The van der Waals surface area contributed by atoms with E-state index in [0.29, 0.717) is 6.42 Å². The van der Waals surface area contributed by atoms with Gasteiger partial charge in [0.25, 0.3) is 5.91 Å². The van der Waals surface area contributed by atoms with Gasteiger partial charge in [0, 0.05) is 0 Å². The maximum absolute atomic E-state index is 11.5. The molecule has 0 fully saturated rings. The van der Waals surface area contributed by atoms with E-state index in [1.807, 2.05) is 6.92 Å². The molecule has 2 amide bonds. The van der Waals surface area contributed by atoms with Crippen molar-refractivity contribution in [2.24, 2.45) is 0 Å². The van der Waals surface area contributed by atoms with Crippen molar-refractivity contribution in [2.75, 3.05) is 0 Å². The highest BCUT2D eigenvalue weighted by Gasteiger charge is 2.23. The predicted octanol–water partition coefficient (Wildman–Crippen LogP) is 1.58. The Bertz CT molecular complexity index is 261. The number of alkyl carbamates (subject to hydrolysis) is 1. The molecule has 0 heterocycles. The topological polar surface area (TPSA) is 87.7 Å². The number of amides is 2. The minimum Gasteiger partial charge on any atom is -0.444 e. The lowest BCUT2D eigenvalue weighted by Crippen LogP contribution is -2.47. The highest BCUT2D eigenvalue weighted by molar-refractivity contribution is 5.84. The fourth-order valence-electron chi connectivity index (χ4n) is 1.20. The first-order chi connectivity index (χ1) is 7.80. The highest BCUT2D eigenvalue weighted by Crippen LogP contribution is 2.08. The lowest BCUT2D eigenvalue weighted by molar-refractivity contribution is -0.131. The second-order valence-electron chi connectivity index (χ2n) is 4.82. The van der Waals surface area contributed by atoms with Gasteiger partial charge < -0.3 is 10.1 Å². The second-order valence-corrected chi connectivity index (χ2v) is 4.82. The van der Waals surface area contributed by atoms with Crippen molar-refractivity contribution < 1.29 is 19.5 Å². The van der Waals surface area contributed by atoms with Crippen molar-refractivity contribution in [1.29, 1.82) is 0 Å². The summed E-state index contributed by atoms with van der Waals surface area (Å²) in [6.45, 7) is 7.18. The zero-order chi connectivity index (χ0) is 13.5. The van der Waals surface area contributed by atoms with Gasteiger partial charge in [-0.05, 0) is 27.2 Å². The molecule has 6 nitrogen and oxygen atoms in total. The van der Waals surface area contributed by atoms with E-state index < -0.39 is 23.6 Å². The van der Waals surface area contributed by atoms with E-state index in [0.717, 1.165) is 12.8 Å². The highest BCUT2D eigenvalue weighted by atomic mass is 16.6. The van der Waals surface area contributed by atoms with E-state index >= 15 is 0 Å². The summed E-state index contributed by atoms with van der Waals surface area (Å²) in [6.07, 6.45) is 1.46. The van der Waals surface area contributed by atoms with Crippen molar-refractivity contribution >= 4 is 12.0 Å². The minimum atomic E-state index is -0.769. The van der Waals surface area contributed by atoms with Crippen LogP contribution in [0.2, 0.25) is 0 Å². The van der Waals surface area contributed by atoms with E-state index in [2.05, 4.69) is 5.32 Å². The molecule has 100 valence electrons. The van der Waals surface area contributed by atoms with Crippen LogP contribution in [0.1, 0.15) is 47.0 Å². The fourth-order valence-corrected chi connectivity index (χ4v) is 1.20. The lowest BCUT2D eigenvalue weighted by Gasteiger charge is -2.22. The first kappa shape index (κ1) is 15.7. The number of hydrogen-bond acceptors (Lipinski definition) is 4. The Morgan fingerprint density at radius 1 is 1.35 bits per heavy atom. The first-order valence-corrected chi connectivity index (χ1v) is 5.73. The molecular weight excluding hydrogens is 224 g/mol. The standard InChI is InChI=1S/C11H22N2O4/c1-5-6-7-8(9(14)13-16)12-10(15)17-11(2,3)4/h8,16H,5-7H2,1-4H3,(H,12,15)(H,13,14). The fraction of sp³-hybridized carbons (Fsp3) is 0.818. The average Bonchev–Trinajstić information content (AvgIpc) is 2.20. The number of ether oxygens (including phenoxy) is 1. The van der Waals surface area contributed by atoms with Crippen LogP contribution in [0.4, 0.5) is 4.79 Å². The molecule has 1 atom stereocenters. The summed E-state index contributed by atoms with van der Waals surface area (Å²) >= 11 is 0. The molecule has 3 N–H and O–H groups in total. The van der Waals surface area contributed by atoms with Crippen LogP contribution in [0.15, 0.2) is 0 Å². The number of unbranched alkanes of at least 4 members (excludes halogenated alkanes) is 1. The van der Waals surface area contributed by atoms with Crippen LogP contribution >= 0.6 is 0 Å². The summed E-state index contributed by atoms with van der Waals surface area (Å²) in [4.78, 5) is 22.7. The van der Waals surface area contributed by atoms with Gasteiger partial charge in [-0.2, -0.15) is 0 Å². The molecule has 0 rings (SSSR count). The van der Waals surface area contributed by atoms with Crippen LogP contribution in [0, 0.1) is 0 Å². The van der Waals surface area contributed by atoms with E-state index in [1.165, 1.54) is 5.48 Å². The Balaban J connectivity index is 4.32. The van der Waals surface area contributed by atoms with Crippen molar-refractivity contribution in [1.82, 2.24) is 10.8 Å². The Labute approximate surface area is 102 Å². The molecule has 1 unspecified atom stereocenters. The number of nitrogens with one attached hydrogen (secondary N) is 2. The summed E-state index contributed by atoms with van der Waals surface area (Å²) in [6, 6.07) is -0.769. The van der Waals surface area contributed by atoms with E-state index in [9.17, 15) is 9.59 Å². The second kappa shape index (κ2) is 7.11. The summed E-state index contributed by atoms with van der Waals surface area (Å²) in [5, 5.41) is 11.0. The van der Waals surface area contributed by atoms with Crippen molar-refractivity contribution in [2.45, 2.75) is 58.6 Å². The molecule has 0 aliphatic heterocycles. The molecule has 0 aromatic carbocycles. The summed E-state index contributed by atoms with van der Waals surface area (Å²) in [5.74, 6) is -0.635. The SMILES string of the molecule is CCCCC(NC(=O)OC(C)(C)C)C(=O)NO. The van der Waals surface area contributed by atoms with Gasteiger partial charge in [-0.3, -0.25) is 10.0 Å². The molecule has 0 aliphatic carbocycles. The predicted molar refractivity (Wildman–Crippen MR) is 62.6 cm³/mol. The van der Waals surface area contributed by atoms with E-state index in [-0.39, 0.29) is 0 Å². The number of carbonyl (C=O) groups is 2. The van der Waals surface area contributed by atoms with Gasteiger partial charge in [-0.15, -0.1) is 0 Å². The third kappa shape index (κ3) is 7.57. The molecule has 0 aromatic rings. The van der Waals surface area contributed by atoms with Gasteiger partial charge in [-0.25, -0.2) is 10.3 Å². The van der Waals surface area contributed by atoms with Gasteiger partial charge >= 0.3 is 6.09 Å². The van der Waals surface area contributed by atoms with Gasteiger partial charge in [0.2, 0.25) is 0 Å². The van der Waals surface area contributed by atoms with Crippen LogP contribution in [0.3, 0.4) is 0 Å². The Morgan fingerprint density at radius 2 is 1.94 bits per heavy atom. The molecule has 0 radical (unpaired) electrons. The van der Waals surface area contributed by atoms with Crippen LogP contribution in [0.5, 0.6) is 0 Å². The third-order valence-corrected chi connectivity index (χ3v) is 1.96. The van der Waals surface area contributed by atoms with Crippen molar-refractivity contribution in [3.63, 3.8) is 0 Å². The van der Waals surface area contributed by atoms with Crippen molar-refractivity contribution in [3.8, 4) is 0 Å². The Morgan fingerprint density at radius 3 is 2.35 bits per heavy atom. The molecule has 6 heteroatoms. The van der Waals surface area contributed by atoms with Crippen LogP contribution in [0.25, 0.3) is 0 Å². The van der Waals surface area contributed by atoms with Gasteiger partial charge in [0.1, 0.15) is 11.6 Å². The third-order valence-electron chi connectivity index (χ3n) is 1.96. The number of carbonyl (C=O) groups excluding carboxylic acids is 2. The largest absolute Gasteiger partial charge is 0.444 e. The number of rotatable bonds is 5. The zero-order valence-corrected chi connectivity index (χ0v) is 10.9. The molecule has 0 saturated heterocycles. The maximum atomic E-state index is 11.5. The Hall–Kier alpha value is -1.30. The smallest absolute Gasteiger partial charge is 0.408 e. The van der Waals surface area contributed by atoms with E-state index in [1.54, 1.807) is 20.8 Å². The Kier molecular flexibility index (Phi) is 6.57. The first-order valence-electron chi connectivity index (χ1n) is 5.73. The molecule has 0 saturated carbocycles. The molecule has 0 aliphatic rings. The summed E-state index contributed by atoms with van der Waals surface area (Å²) < 4.78 is 5.03.